The molecule has 3 heterocycles. The first-order chi connectivity index (χ1) is 26.3. The minimum atomic E-state index is 0.852. The normalized spacial score (nSPS) is 11.4. The molecular formula is C49H33N4+. The Balaban J connectivity index is 1.18. The van der Waals surface area contributed by atoms with E-state index >= 15 is 0 Å². The smallest absolute Gasteiger partial charge is 0.252 e. The number of pyridine rings is 2. The molecule has 0 bridgehead atoms. The van der Waals surface area contributed by atoms with Crippen molar-refractivity contribution >= 4 is 32.3 Å². The maximum absolute atomic E-state index is 4.82. The minimum Gasteiger partial charge on any atom is -0.252 e. The van der Waals surface area contributed by atoms with Gasteiger partial charge in [0.2, 0.25) is 11.4 Å². The lowest BCUT2D eigenvalue weighted by atomic mass is 9.85. The molecule has 4 heteroatoms. The van der Waals surface area contributed by atoms with Gasteiger partial charge in [-0.05, 0) is 109 Å². The highest BCUT2D eigenvalue weighted by molar-refractivity contribution is 6.21. The van der Waals surface area contributed by atoms with Gasteiger partial charge in [-0.15, -0.1) is 0 Å². The minimum absolute atomic E-state index is 0.852. The zero-order valence-corrected chi connectivity index (χ0v) is 28.8. The quantitative estimate of drug-likeness (QED) is 0.141. The summed E-state index contributed by atoms with van der Waals surface area (Å²) in [5, 5.41) is 7.44. The van der Waals surface area contributed by atoms with Crippen LogP contribution >= 0.6 is 0 Å². The number of rotatable bonds is 6. The summed E-state index contributed by atoms with van der Waals surface area (Å²) in [6.07, 6.45) is 3.67. The van der Waals surface area contributed by atoms with Crippen LogP contribution < -0.4 is 4.57 Å². The molecule has 10 aromatic rings. The van der Waals surface area contributed by atoms with Gasteiger partial charge in [0.1, 0.15) is 17.1 Å². The monoisotopic (exact) mass is 677 g/mol. The maximum atomic E-state index is 4.82. The van der Waals surface area contributed by atoms with Crippen LogP contribution in [-0.4, -0.2) is 15.0 Å². The summed E-state index contributed by atoms with van der Waals surface area (Å²) in [4.78, 5) is 13.4. The van der Waals surface area contributed by atoms with Crippen molar-refractivity contribution in [3.63, 3.8) is 0 Å². The summed E-state index contributed by atoms with van der Waals surface area (Å²) in [5.41, 5.74) is 10.6. The fraction of sp³-hybridized carbons (Fsp3) is 0. The Morgan fingerprint density at radius 1 is 0.396 bits per heavy atom. The molecule has 0 saturated carbocycles. The second-order valence-corrected chi connectivity index (χ2v) is 13.3. The van der Waals surface area contributed by atoms with E-state index < -0.39 is 0 Å². The predicted octanol–water partition coefficient (Wildman–Crippen LogP) is 11.9. The van der Waals surface area contributed by atoms with E-state index in [1.165, 1.54) is 54.6 Å². The molecule has 1 N–H and O–H groups in total. The Labute approximate surface area is 307 Å². The number of benzene rings is 7. The highest BCUT2D eigenvalue weighted by atomic mass is 15.1. The molecule has 7 aromatic carbocycles. The van der Waals surface area contributed by atoms with Gasteiger partial charge in [0, 0.05) is 12.4 Å². The molecule has 0 aliphatic rings. The third kappa shape index (κ3) is 5.28. The Morgan fingerprint density at radius 2 is 0.906 bits per heavy atom. The molecule has 4 nitrogen and oxygen atoms in total. The van der Waals surface area contributed by atoms with Crippen molar-refractivity contribution in [1.82, 2.24) is 15.0 Å². The van der Waals surface area contributed by atoms with Gasteiger partial charge in [0.15, 0.2) is 0 Å². The van der Waals surface area contributed by atoms with Crippen LogP contribution in [0.5, 0.6) is 0 Å². The van der Waals surface area contributed by atoms with Crippen LogP contribution in [-0.2, 0) is 0 Å². The molecule has 0 radical (unpaired) electrons. The van der Waals surface area contributed by atoms with Gasteiger partial charge in [-0.3, -0.25) is 9.97 Å². The molecule has 0 unspecified atom stereocenters. The standard InChI is InChI=1S/C49H32N4/c1-2-16-38(17-3-1)53-48(44-23-11-13-31-51-44)47(43-22-10-12-30-50-43)52-49(53)35-27-25-34(26-28-35)45-39-18-6-8-20-41(39)46(42-21-9-7-19-40(42)45)37-29-24-33-14-4-5-15-36(33)32-37/h1-32H/p+1. The van der Waals surface area contributed by atoms with Crippen LogP contribution in [0.4, 0.5) is 0 Å². The lowest BCUT2D eigenvalue weighted by Crippen LogP contribution is -2.34. The lowest BCUT2D eigenvalue weighted by molar-refractivity contribution is -0.570. The Hall–Kier alpha value is -7.17. The van der Waals surface area contributed by atoms with Gasteiger partial charge < -0.3 is 0 Å². The summed E-state index contributed by atoms with van der Waals surface area (Å²) in [6.45, 7) is 0. The van der Waals surface area contributed by atoms with E-state index in [-0.39, 0.29) is 0 Å². The number of nitrogens with zero attached hydrogens (tertiary/aromatic N) is 3. The number of hydrogen-bond acceptors (Lipinski definition) is 2. The molecule has 0 amide bonds. The number of fused-ring (bicyclic) bond motifs is 3. The third-order valence-electron chi connectivity index (χ3n) is 10.2. The van der Waals surface area contributed by atoms with E-state index in [0.29, 0.717) is 0 Å². The van der Waals surface area contributed by atoms with Crippen molar-refractivity contribution in [2.75, 3.05) is 0 Å². The maximum Gasteiger partial charge on any atom is 0.292 e. The van der Waals surface area contributed by atoms with Crippen LogP contribution in [0.25, 0.3) is 94.4 Å². The van der Waals surface area contributed by atoms with Crippen LogP contribution in [0.3, 0.4) is 0 Å². The fourth-order valence-electron chi connectivity index (χ4n) is 7.83. The van der Waals surface area contributed by atoms with Crippen molar-refractivity contribution in [2.24, 2.45) is 0 Å². The summed E-state index contributed by atoms with van der Waals surface area (Å²) in [7, 11) is 0. The number of para-hydroxylation sites is 1. The molecular weight excluding hydrogens is 645 g/mol. The average molecular weight is 678 g/mol. The summed E-state index contributed by atoms with van der Waals surface area (Å²) in [5.74, 6) is 0.949. The largest absolute Gasteiger partial charge is 0.292 e. The van der Waals surface area contributed by atoms with Gasteiger partial charge in [-0.2, -0.15) is 4.57 Å². The van der Waals surface area contributed by atoms with E-state index in [2.05, 4.69) is 155 Å². The van der Waals surface area contributed by atoms with Crippen LogP contribution in [0.15, 0.2) is 194 Å². The van der Waals surface area contributed by atoms with Gasteiger partial charge in [-0.1, -0.05) is 127 Å². The molecule has 0 spiro atoms. The molecule has 0 aliphatic heterocycles. The zero-order valence-electron chi connectivity index (χ0n) is 28.8. The number of aromatic nitrogens is 4. The summed E-state index contributed by atoms with van der Waals surface area (Å²) >= 11 is 0. The van der Waals surface area contributed by atoms with E-state index in [1.807, 2.05) is 48.8 Å². The van der Waals surface area contributed by atoms with Gasteiger partial charge in [0.25, 0.3) is 5.82 Å². The van der Waals surface area contributed by atoms with Gasteiger partial charge in [-0.25, -0.2) is 4.98 Å². The van der Waals surface area contributed by atoms with E-state index in [4.69, 9.17) is 9.97 Å². The zero-order chi connectivity index (χ0) is 35.1. The second kappa shape index (κ2) is 12.9. The average Bonchev–Trinajstić information content (AvgIpc) is 3.64. The number of hydrogen-bond donors (Lipinski definition) is 1. The van der Waals surface area contributed by atoms with E-state index in [9.17, 15) is 0 Å². The SMILES string of the molecule is c1ccc(-[n+]2c(-c3ccc(-c4c5ccccc5c(-c5ccc6ccccc6c5)c5ccccc45)cc3)[nH]c(-c3ccccn3)c2-c2ccccn2)cc1. The highest BCUT2D eigenvalue weighted by Crippen LogP contribution is 2.44. The van der Waals surface area contributed by atoms with Crippen LogP contribution in [0.1, 0.15) is 0 Å². The number of imidazole rings is 1. The molecule has 10 rings (SSSR count). The first-order valence-corrected chi connectivity index (χ1v) is 17.9. The van der Waals surface area contributed by atoms with Crippen molar-refractivity contribution in [3.8, 4) is 62.1 Å². The molecule has 0 atom stereocenters. The van der Waals surface area contributed by atoms with Gasteiger partial charge >= 0.3 is 0 Å². The third-order valence-corrected chi connectivity index (χ3v) is 10.2. The lowest BCUT2D eigenvalue weighted by Gasteiger charge is -2.18. The highest BCUT2D eigenvalue weighted by Gasteiger charge is 2.31. The first kappa shape index (κ1) is 30.6. The predicted molar refractivity (Wildman–Crippen MR) is 218 cm³/mol. The molecule has 248 valence electrons. The van der Waals surface area contributed by atoms with Crippen molar-refractivity contribution in [3.05, 3.63) is 194 Å². The number of nitrogens with one attached hydrogen (secondary N) is 1. The van der Waals surface area contributed by atoms with Crippen LogP contribution in [0.2, 0.25) is 0 Å². The van der Waals surface area contributed by atoms with Gasteiger partial charge in [0.05, 0.1) is 5.56 Å². The molecule has 0 fully saturated rings. The number of aromatic amines is 1. The molecule has 0 saturated heterocycles. The van der Waals surface area contributed by atoms with Crippen molar-refractivity contribution in [2.45, 2.75) is 0 Å². The number of H-pyrrole nitrogens is 1. The topological polar surface area (TPSA) is 45.5 Å². The summed E-state index contributed by atoms with van der Waals surface area (Å²) in [6, 6.07) is 64.6. The Kier molecular flexibility index (Phi) is 7.43. The van der Waals surface area contributed by atoms with E-state index in [1.54, 1.807) is 0 Å². The second-order valence-electron chi connectivity index (χ2n) is 13.3. The van der Waals surface area contributed by atoms with Crippen LogP contribution in [0, 0.1) is 0 Å². The molecule has 53 heavy (non-hydrogen) atoms. The van der Waals surface area contributed by atoms with E-state index in [0.717, 1.165) is 39.9 Å². The first-order valence-electron chi connectivity index (χ1n) is 17.9. The Morgan fingerprint density at radius 3 is 1.53 bits per heavy atom. The summed E-state index contributed by atoms with van der Waals surface area (Å²) < 4.78 is 2.27. The fourth-order valence-corrected chi connectivity index (χ4v) is 7.83. The van der Waals surface area contributed by atoms with Crippen molar-refractivity contribution < 1.29 is 4.57 Å². The molecule has 0 aliphatic carbocycles. The van der Waals surface area contributed by atoms with Crippen molar-refractivity contribution in [1.29, 1.82) is 0 Å². The Bertz CT molecular complexity index is 2860. The molecule has 3 aromatic heterocycles.